The number of allylic oxidation sites excluding steroid dienone is 2. The van der Waals surface area contributed by atoms with Crippen LogP contribution in [0.15, 0.2) is 12.2 Å². The Morgan fingerprint density at radius 1 is 1.17 bits per heavy atom. The second kappa shape index (κ2) is 5.81. The first kappa shape index (κ1) is 14.8. The quantitative estimate of drug-likeness (QED) is 0.836. The Bertz CT molecular complexity index is 649. The van der Waals surface area contributed by atoms with Crippen LogP contribution in [0.4, 0.5) is 9.93 Å². The molecule has 2 saturated heterocycles. The third-order valence-electron chi connectivity index (χ3n) is 6.17. The number of hydrogen-bond acceptors (Lipinski definition) is 5. The zero-order chi connectivity index (χ0) is 16.1. The molecule has 1 N–H and O–H groups in total. The van der Waals surface area contributed by atoms with Gasteiger partial charge in [0, 0.05) is 32.2 Å². The average molecular weight is 346 g/mol. The highest BCUT2D eigenvalue weighted by molar-refractivity contribution is 7.15. The summed E-state index contributed by atoms with van der Waals surface area (Å²) >= 11 is 1.51. The van der Waals surface area contributed by atoms with Crippen LogP contribution in [0.25, 0.3) is 0 Å². The lowest BCUT2D eigenvalue weighted by molar-refractivity contribution is 0.0851. The Morgan fingerprint density at radius 3 is 2.58 bits per heavy atom. The first-order valence-corrected chi connectivity index (χ1v) is 9.75. The topological polar surface area (TPSA) is 67.3 Å². The largest absolute Gasteiger partial charge is 0.381 e. The average Bonchev–Trinajstić information content (AvgIpc) is 3.36. The molecule has 2 bridgehead atoms. The molecule has 0 spiro atoms. The Labute approximate surface area is 145 Å². The monoisotopic (exact) mass is 346 g/mol. The first-order chi connectivity index (χ1) is 11.8. The number of carbonyl (C=O) groups excluding carboxylic acids is 1. The number of rotatable bonds is 2. The SMILES string of the molecule is O=C(Nc1nnc(C2CCOCC2)s1)N1C[C@@H]2C3C=CC(C3)[C@@H]2C1. The third-order valence-corrected chi connectivity index (χ3v) is 7.18. The van der Waals surface area contributed by atoms with Crippen LogP contribution in [0.2, 0.25) is 0 Å². The van der Waals surface area contributed by atoms with E-state index in [9.17, 15) is 4.79 Å². The van der Waals surface area contributed by atoms with Gasteiger partial charge in [-0.2, -0.15) is 0 Å². The van der Waals surface area contributed by atoms with Gasteiger partial charge in [0.15, 0.2) is 0 Å². The Kier molecular flexibility index (Phi) is 3.59. The molecule has 3 fully saturated rings. The first-order valence-electron chi connectivity index (χ1n) is 8.93. The van der Waals surface area contributed by atoms with Crippen LogP contribution in [-0.2, 0) is 4.74 Å². The zero-order valence-electron chi connectivity index (χ0n) is 13.6. The van der Waals surface area contributed by atoms with Crippen LogP contribution in [0, 0.1) is 23.7 Å². The normalized spacial score (nSPS) is 34.8. The molecular formula is C17H22N4O2S. The van der Waals surface area contributed by atoms with Crippen LogP contribution < -0.4 is 5.32 Å². The van der Waals surface area contributed by atoms with Gasteiger partial charge >= 0.3 is 6.03 Å². The lowest BCUT2D eigenvalue weighted by Gasteiger charge is -2.19. The summed E-state index contributed by atoms with van der Waals surface area (Å²) in [4.78, 5) is 14.5. The fourth-order valence-electron chi connectivity index (χ4n) is 4.88. The van der Waals surface area contributed by atoms with Crippen molar-refractivity contribution in [3.8, 4) is 0 Å². The summed E-state index contributed by atoms with van der Waals surface area (Å²) < 4.78 is 5.39. The molecule has 0 aromatic carbocycles. The maximum Gasteiger partial charge on any atom is 0.323 e. The molecular weight excluding hydrogens is 324 g/mol. The fraction of sp³-hybridized carbons (Fsp3) is 0.706. The van der Waals surface area contributed by atoms with E-state index in [4.69, 9.17) is 4.74 Å². The molecule has 2 aliphatic carbocycles. The van der Waals surface area contributed by atoms with Gasteiger partial charge in [-0.05, 0) is 42.9 Å². The molecule has 0 radical (unpaired) electrons. The van der Waals surface area contributed by atoms with Gasteiger partial charge in [-0.25, -0.2) is 4.79 Å². The van der Waals surface area contributed by atoms with E-state index in [1.807, 2.05) is 4.90 Å². The van der Waals surface area contributed by atoms with Gasteiger partial charge < -0.3 is 9.64 Å². The number of nitrogens with one attached hydrogen (secondary N) is 1. The molecule has 4 atom stereocenters. The summed E-state index contributed by atoms with van der Waals surface area (Å²) in [5.74, 6) is 3.14. The standard InChI is InChI=1S/C17H22N4O2S/c22-17(21-8-13-11-1-2-12(7-11)14(13)9-21)18-16-20-19-15(24-16)10-3-5-23-6-4-10/h1-2,10-14H,3-9H2,(H,18,20,22)/t11?,12?,13-,14+. The molecule has 3 heterocycles. The van der Waals surface area contributed by atoms with E-state index in [0.29, 0.717) is 34.7 Å². The van der Waals surface area contributed by atoms with Crippen LogP contribution in [0.1, 0.15) is 30.2 Å². The molecule has 1 saturated carbocycles. The minimum absolute atomic E-state index is 0.0153. The van der Waals surface area contributed by atoms with Crippen LogP contribution >= 0.6 is 11.3 Å². The van der Waals surface area contributed by atoms with Crippen molar-refractivity contribution in [2.24, 2.45) is 23.7 Å². The third kappa shape index (κ3) is 2.45. The van der Waals surface area contributed by atoms with Gasteiger partial charge in [0.1, 0.15) is 5.01 Å². The number of amides is 2. The zero-order valence-corrected chi connectivity index (χ0v) is 14.4. The molecule has 4 aliphatic rings. The molecule has 6 nitrogen and oxygen atoms in total. The van der Waals surface area contributed by atoms with E-state index in [2.05, 4.69) is 27.7 Å². The van der Waals surface area contributed by atoms with E-state index >= 15 is 0 Å². The number of anilines is 1. The molecule has 2 amide bonds. The van der Waals surface area contributed by atoms with Gasteiger partial charge in [0.25, 0.3) is 0 Å². The Balaban J connectivity index is 1.21. The summed E-state index contributed by atoms with van der Waals surface area (Å²) in [5.41, 5.74) is 0. The van der Waals surface area contributed by atoms with Gasteiger partial charge in [0.2, 0.25) is 5.13 Å². The second-order valence-electron chi connectivity index (χ2n) is 7.44. The molecule has 2 unspecified atom stereocenters. The number of hydrogen-bond donors (Lipinski definition) is 1. The number of aromatic nitrogens is 2. The van der Waals surface area contributed by atoms with Gasteiger partial charge in [-0.1, -0.05) is 23.5 Å². The van der Waals surface area contributed by atoms with Crippen molar-refractivity contribution >= 4 is 22.5 Å². The van der Waals surface area contributed by atoms with Crippen molar-refractivity contribution < 1.29 is 9.53 Å². The van der Waals surface area contributed by atoms with Gasteiger partial charge in [-0.15, -0.1) is 10.2 Å². The van der Waals surface area contributed by atoms with E-state index in [1.54, 1.807) is 0 Å². The summed E-state index contributed by atoms with van der Waals surface area (Å²) in [6.45, 7) is 3.35. The van der Waals surface area contributed by atoms with Crippen molar-refractivity contribution in [3.63, 3.8) is 0 Å². The van der Waals surface area contributed by atoms with Crippen molar-refractivity contribution in [1.82, 2.24) is 15.1 Å². The summed E-state index contributed by atoms with van der Waals surface area (Å²) in [5, 5.41) is 13.1. The lowest BCUT2D eigenvalue weighted by Crippen LogP contribution is -2.34. The van der Waals surface area contributed by atoms with E-state index in [0.717, 1.165) is 44.2 Å². The number of nitrogens with zero attached hydrogens (tertiary/aromatic N) is 3. The van der Waals surface area contributed by atoms with E-state index in [-0.39, 0.29) is 6.03 Å². The van der Waals surface area contributed by atoms with Gasteiger partial charge in [0.05, 0.1) is 0 Å². The minimum Gasteiger partial charge on any atom is -0.381 e. The highest BCUT2D eigenvalue weighted by Gasteiger charge is 2.50. The number of carbonyl (C=O) groups is 1. The Hall–Kier alpha value is -1.47. The molecule has 5 rings (SSSR count). The summed E-state index contributed by atoms with van der Waals surface area (Å²) in [7, 11) is 0. The number of fused-ring (bicyclic) bond motifs is 5. The Morgan fingerprint density at radius 2 is 1.88 bits per heavy atom. The van der Waals surface area contributed by atoms with Crippen LogP contribution in [-0.4, -0.2) is 47.4 Å². The molecule has 1 aromatic rings. The minimum atomic E-state index is -0.0153. The summed E-state index contributed by atoms with van der Waals surface area (Å²) in [6.07, 6.45) is 8.01. The van der Waals surface area contributed by atoms with Crippen molar-refractivity contribution in [3.05, 3.63) is 17.2 Å². The molecule has 7 heteroatoms. The molecule has 2 aliphatic heterocycles. The molecule has 1 aromatic heterocycles. The summed E-state index contributed by atoms with van der Waals surface area (Å²) in [6, 6.07) is -0.0153. The van der Waals surface area contributed by atoms with Gasteiger partial charge in [-0.3, -0.25) is 5.32 Å². The van der Waals surface area contributed by atoms with E-state index < -0.39 is 0 Å². The van der Waals surface area contributed by atoms with Crippen molar-refractivity contribution in [2.45, 2.75) is 25.2 Å². The molecule has 24 heavy (non-hydrogen) atoms. The van der Waals surface area contributed by atoms with Crippen LogP contribution in [0.3, 0.4) is 0 Å². The lowest BCUT2D eigenvalue weighted by atomic mass is 9.86. The predicted molar refractivity (Wildman–Crippen MR) is 91.0 cm³/mol. The predicted octanol–water partition coefficient (Wildman–Crippen LogP) is 2.72. The van der Waals surface area contributed by atoms with Crippen LogP contribution in [0.5, 0.6) is 0 Å². The number of ether oxygens (including phenoxy) is 1. The molecule has 128 valence electrons. The smallest absolute Gasteiger partial charge is 0.323 e. The van der Waals surface area contributed by atoms with E-state index in [1.165, 1.54) is 17.8 Å². The maximum atomic E-state index is 12.6. The number of urea groups is 1. The second-order valence-corrected chi connectivity index (χ2v) is 8.45. The number of likely N-dealkylation sites (tertiary alicyclic amines) is 1. The van der Waals surface area contributed by atoms with Crippen molar-refractivity contribution in [1.29, 1.82) is 0 Å². The maximum absolute atomic E-state index is 12.6. The van der Waals surface area contributed by atoms with Crippen molar-refractivity contribution in [2.75, 3.05) is 31.6 Å². The highest BCUT2D eigenvalue weighted by Crippen LogP contribution is 2.51. The fourth-order valence-corrected chi connectivity index (χ4v) is 5.79. The highest BCUT2D eigenvalue weighted by atomic mass is 32.1.